The second-order valence-corrected chi connectivity index (χ2v) is 6.32. The number of aryl methyl sites for hydroxylation is 1. The monoisotopic (exact) mass is 328 g/mol. The van der Waals surface area contributed by atoms with Crippen LogP contribution in [0.25, 0.3) is 0 Å². The van der Waals surface area contributed by atoms with Gasteiger partial charge in [-0.3, -0.25) is 0 Å². The number of ether oxygens (including phenoxy) is 1. The van der Waals surface area contributed by atoms with Gasteiger partial charge in [0.2, 0.25) is 0 Å². The summed E-state index contributed by atoms with van der Waals surface area (Å²) in [5, 5.41) is 6.75. The fraction of sp³-hybridized carbons (Fsp3) is 0.474. The maximum Gasteiger partial charge on any atom is 0.131 e. The summed E-state index contributed by atoms with van der Waals surface area (Å²) >= 11 is 0. The van der Waals surface area contributed by atoms with Gasteiger partial charge in [0.15, 0.2) is 0 Å². The van der Waals surface area contributed by atoms with Gasteiger partial charge in [0.1, 0.15) is 23.2 Å². The summed E-state index contributed by atoms with van der Waals surface area (Å²) in [5.74, 6) is 4.08. The Morgan fingerprint density at radius 2 is 1.75 bits per heavy atom. The maximum atomic E-state index is 5.26. The van der Waals surface area contributed by atoms with Gasteiger partial charge < -0.3 is 15.4 Å². The molecule has 2 aromatic rings. The summed E-state index contributed by atoms with van der Waals surface area (Å²) in [6.45, 7) is 8.10. The average molecular weight is 328 g/mol. The Morgan fingerprint density at radius 1 is 1.04 bits per heavy atom. The second-order valence-electron chi connectivity index (χ2n) is 6.32. The van der Waals surface area contributed by atoms with Crippen LogP contribution < -0.4 is 15.4 Å². The van der Waals surface area contributed by atoms with E-state index in [1.807, 2.05) is 25.1 Å². The number of aromatic nitrogens is 2. The standard InChI is InChI=1S/C19H28N4O/c1-14(2)8-10-20-18-13-19(23-15(3)22-18)21-11-9-16-6-5-7-17(12-16)24-4/h5-7,12-14H,8-11H2,1-4H3,(H2,20,21,22,23). The molecule has 0 aliphatic carbocycles. The molecule has 0 atom stereocenters. The Morgan fingerprint density at radius 3 is 2.42 bits per heavy atom. The predicted octanol–water partition coefficient (Wildman–Crippen LogP) is 3.91. The summed E-state index contributed by atoms with van der Waals surface area (Å²) in [6.07, 6.45) is 2.04. The molecular formula is C19H28N4O. The van der Waals surface area contributed by atoms with E-state index in [4.69, 9.17) is 4.74 Å². The van der Waals surface area contributed by atoms with Crippen molar-refractivity contribution in [2.24, 2.45) is 5.92 Å². The third-order valence-corrected chi connectivity index (χ3v) is 3.72. The lowest BCUT2D eigenvalue weighted by Crippen LogP contribution is -2.10. The lowest BCUT2D eigenvalue weighted by atomic mass is 10.1. The molecule has 2 N–H and O–H groups in total. The first-order chi connectivity index (χ1) is 11.6. The van der Waals surface area contributed by atoms with Crippen LogP contribution in [-0.4, -0.2) is 30.2 Å². The van der Waals surface area contributed by atoms with E-state index in [1.54, 1.807) is 7.11 Å². The fourth-order valence-electron chi connectivity index (χ4n) is 2.40. The normalized spacial score (nSPS) is 10.7. The molecule has 2 rings (SSSR count). The fourth-order valence-corrected chi connectivity index (χ4v) is 2.40. The highest BCUT2D eigenvalue weighted by Gasteiger charge is 2.03. The van der Waals surface area contributed by atoms with E-state index in [0.29, 0.717) is 5.92 Å². The number of nitrogens with one attached hydrogen (secondary N) is 2. The number of nitrogens with zero attached hydrogens (tertiary/aromatic N) is 2. The van der Waals surface area contributed by atoms with E-state index in [1.165, 1.54) is 5.56 Å². The molecule has 0 unspecified atom stereocenters. The summed E-state index contributed by atoms with van der Waals surface area (Å²) in [7, 11) is 1.69. The lowest BCUT2D eigenvalue weighted by molar-refractivity contribution is 0.414. The first kappa shape index (κ1) is 18.0. The van der Waals surface area contributed by atoms with Gasteiger partial charge in [0, 0.05) is 19.2 Å². The minimum absolute atomic E-state index is 0.681. The summed E-state index contributed by atoms with van der Waals surface area (Å²) < 4.78 is 5.26. The molecule has 0 fully saturated rings. The van der Waals surface area contributed by atoms with Crippen LogP contribution in [0, 0.1) is 12.8 Å². The molecule has 130 valence electrons. The van der Waals surface area contributed by atoms with Crippen molar-refractivity contribution >= 4 is 11.6 Å². The van der Waals surface area contributed by atoms with Gasteiger partial charge in [-0.05, 0) is 43.4 Å². The summed E-state index contributed by atoms with van der Waals surface area (Å²) in [4.78, 5) is 8.90. The van der Waals surface area contributed by atoms with Crippen LogP contribution in [0.4, 0.5) is 11.6 Å². The van der Waals surface area contributed by atoms with E-state index in [0.717, 1.165) is 49.1 Å². The number of benzene rings is 1. The highest BCUT2D eigenvalue weighted by molar-refractivity contribution is 5.47. The van der Waals surface area contributed by atoms with Crippen LogP contribution in [-0.2, 0) is 6.42 Å². The van der Waals surface area contributed by atoms with E-state index >= 15 is 0 Å². The number of methoxy groups -OCH3 is 1. The quantitative estimate of drug-likeness (QED) is 0.731. The Bertz CT molecular complexity index is 643. The molecule has 0 radical (unpaired) electrons. The van der Waals surface area contributed by atoms with Gasteiger partial charge in [-0.15, -0.1) is 0 Å². The smallest absolute Gasteiger partial charge is 0.131 e. The molecule has 0 aliphatic heterocycles. The number of rotatable bonds is 9. The Kier molecular flexibility index (Phi) is 6.85. The van der Waals surface area contributed by atoms with Gasteiger partial charge in [0.25, 0.3) is 0 Å². The van der Waals surface area contributed by atoms with E-state index in [9.17, 15) is 0 Å². The number of anilines is 2. The van der Waals surface area contributed by atoms with E-state index in [-0.39, 0.29) is 0 Å². The Labute approximate surface area is 144 Å². The average Bonchev–Trinajstić information content (AvgIpc) is 2.54. The molecule has 5 heteroatoms. The highest BCUT2D eigenvalue weighted by Crippen LogP contribution is 2.14. The molecule has 1 aromatic heterocycles. The van der Waals surface area contributed by atoms with Crippen LogP contribution in [0.2, 0.25) is 0 Å². The molecule has 0 aliphatic rings. The number of hydrogen-bond acceptors (Lipinski definition) is 5. The zero-order valence-electron chi connectivity index (χ0n) is 15.1. The van der Waals surface area contributed by atoms with Crippen molar-refractivity contribution in [2.75, 3.05) is 30.8 Å². The molecule has 0 amide bonds. The van der Waals surface area contributed by atoms with Gasteiger partial charge in [-0.25, -0.2) is 9.97 Å². The largest absolute Gasteiger partial charge is 0.497 e. The molecule has 1 aromatic carbocycles. The third kappa shape index (κ3) is 6.07. The summed E-state index contributed by atoms with van der Waals surface area (Å²) in [5.41, 5.74) is 1.24. The van der Waals surface area contributed by atoms with Crippen LogP contribution in [0.1, 0.15) is 31.7 Å². The van der Waals surface area contributed by atoms with Crippen LogP contribution in [0.3, 0.4) is 0 Å². The van der Waals surface area contributed by atoms with E-state index in [2.05, 4.69) is 46.6 Å². The zero-order chi connectivity index (χ0) is 17.4. The minimum atomic E-state index is 0.681. The molecule has 0 spiro atoms. The van der Waals surface area contributed by atoms with Gasteiger partial charge in [-0.2, -0.15) is 0 Å². The number of hydrogen-bond donors (Lipinski definition) is 2. The van der Waals surface area contributed by atoms with E-state index < -0.39 is 0 Å². The molecule has 0 saturated carbocycles. The molecule has 5 nitrogen and oxygen atoms in total. The van der Waals surface area contributed by atoms with Crippen LogP contribution in [0.5, 0.6) is 5.75 Å². The van der Waals surface area contributed by atoms with Crippen molar-refractivity contribution in [1.29, 1.82) is 0 Å². The summed E-state index contributed by atoms with van der Waals surface area (Å²) in [6, 6.07) is 10.1. The third-order valence-electron chi connectivity index (χ3n) is 3.72. The first-order valence-electron chi connectivity index (χ1n) is 8.53. The topological polar surface area (TPSA) is 59.1 Å². The SMILES string of the molecule is COc1cccc(CCNc2cc(NCCC(C)C)nc(C)n2)c1. The van der Waals surface area contributed by atoms with Crippen molar-refractivity contribution in [2.45, 2.75) is 33.6 Å². The molecule has 0 saturated heterocycles. The molecule has 24 heavy (non-hydrogen) atoms. The molecular weight excluding hydrogens is 300 g/mol. The van der Waals surface area contributed by atoms with Crippen molar-refractivity contribution in [3.63, 3.8) is 0 Å². The molecule has 0 bridgehead atoms. The zero-order valence-corrected chi connectivity index (χ0v) is 15.1. The van der Waals surface area contributed by atoms with Crippen molar-refractivity contribution in [3.8, 4) is 5.75 Å². The molecule has 1 heterocycles. The van der Waals surface area contributed by atoms with Gasteiger partial charge in [0.05, 0.1) is 7.11 Å². The Hall–Kier alpha value is -2.30. The van der Waals surface area contributed by atoms with Crippen molar-refractivity contribution in [3.05, 3.63) is 41.7 Å². The highest BCUT2D eigenvalue weighted by atomic mass is 16.5. The first-order valence-corrected chi connectivity index (χ1v) is 8.53. The van der Waals surface area contributed by atoms with Crippen molar-refractivity contribution in [1.82, 2.24) is 9.97 Å². The van der Waals surface area contributed by atoms with Gasteiger partial charge in [-0.1, -0.05) is 26.0 Å². The van der Waals surface area contributed by atoms with Crippen LogP contribution in [0.15, 0.2) is 30.3 Å². The maximum absolute atomic E-state index is 5.26. The Balaban J connectivity index is 1.88. The predicted molar refractivity (Wildman–Crippen MR) is 99.9 cm³/mol. The van der Waals surface area contributed by atoms with Crippen LogP contribution >= 0.6 is 0 Å². The second kappa shape index (κ2) is 9.11. The van der Waals surface area contributed by atoms with Crippen molar-refractivity contribution < 1.29 is 4.74 Å². The lowest BCUT2D eigenvalue weighted by Gasteiger charge is -2.11. The minimum Gasteiger partial charge on any atom is -0.497 e. The van der Waals surface area contributed by atoms with Gasteiger partial charge >= 0.3 is 0 Å².